The Labute approximate surface area is 105 Å². The van der Waals surface area contributed by atoms with Crippen molar-refractivity contribution in [2.24, 2.45) is 5.41 Å². The maximum Gasteiger partial charge on any atom is 0.181 e. The SMILES string of the molecule is OCC1(C2(c3ccc4ncoc4c3)COC2)CC1. The second-order valence-corrected chi connectivity index (χ2v) is 5.55. The summed E-state index contributed by atoms with van der Waals surface area (Å²) in [5.41, 5.74) is 2.90. The lowest BCUT2D eigenvalue weighted by Gasteiger charge is -2.48. The maximum absolute atomic E-state index is 9.70. The van der Waals surface area contributed by atoms with E-state index < -0.39 is 0 Å². The average Bonchev–Trinajstić information content (AvgIpc) is 2.99. The highest BCUT2D eigenvalue weighted by atomic mass is 16.5. The minimum Gasteiger partial charge on any atom is -0.443 e. The zero-order valence-corrected chi connectivity index (χ0v) is 10.1. The van der Waals surface area contributed by atoms with Crippen LogP contribution in [0.5, 0.6) is 0 Å². The van der Waals surface area contributed by atoms with Crippen LogP contribution in [0.15, 0.2) is 29.0 Å². The van der Waals surface area contributed by atoms with Crippen molar-refractivity contribution in [2.45, 2.75) is 18.3 Å². The highest BCUT2D eigenvalue weighted by molar-refractivity contribution is 5.73. The van der Waals surface area contributed by atoms with Crippen LogP contribution in [0.4, 0.5) is 0 Å². The second kappa shape index (κ2) is 3.33. The van der Waals surface area contributed by atoms with E-state index in [1.54, 1.807) is 0 Å². The molecule has 4 nitrogen and oxygen atoms in total. The number of benzene rings is 1. The molecule has 1 aliphatic heterocycles. The van der Waals surface area contributed by atoms with Crippen molar-refractivity contribution in [3.05, 3.63) is 30.2 Å². The molecule has 2 aliphatic rings. The molecule has 4 rings (SSSR count). The van der Waals surface area contributed by atoms with Crippen molar-refractivity contribution < 1.29 is 14.3 Å². The van der Waals surface area contributed by atoms with Crippen LogP contribution in [-0.4, -0.2) is 29.9 Å². The van der Waals surface area contributed by atoms with Gasteiger partial charge in [-0.05, 0) is 30.5 Å². The lowest BCUT2D eigenvalue weighted by atomic mass is 9.66. The Morgan fingerprint density at radius 3 is 2.72 bits per heavy atom. The van der Waals surface area contributed by atoms with E-state index >= 15 is 0 Å². The van der Waals surface area contributed by atoms with Gasteiger partial charge in [-0.3, -0.25) is 0 Å². The zero-order valence-electron chi connectivity index (χ0n) is 10.1. The number of ether oxygens (including phenoxy) is 1. The lowest BCUT2D eigenvalue weighted by Crippen LogP contribution is -2.54. The Kier molecular flexibility index (Phi) is 1.95. The molecule has 1 aromatic heterocycles. The van der Waals surface area contributed by atoms with Gasteiger partial charge in [-0.2, -0.15) is 0 Å². The van der Waals surface area contributed by atoms with Crippen molar-refractivity contribution in [3.63, 3.8) is 0 Å². The van der Waals surface area contributed by atoms with Gasteiger partial charge in [-0.25, -0.2) is 4.98 Å². The van der Waals surface area contributed by atoms with E-state index in [0.717, 1.165) is 23.9 Å². The summed E-state index contributed by atoms with van der Waals surface area (Å²) in [6.07, 6.45) is 3.64. The summed E-state index contributed by atoms with van der Waals surface area (Å²) in [7, 11) is 0. The van der Waals surface area contributed by atoms with E-state index in [9.17, 15) is 5.11 Å². The van der Waals surface area contributed by atoms with Gasteiger partial charge >= 0.3 is 0 Å². The summed E-state index contributed by atoms with van der Waals surface area (Å²) in [5, 5.41) is 9.70. The number of nitrogens with zero attached hydrogens (tertiary/aromatic N) is 1. The standard InChI is InChI=1S/C14H15NO3/c16-6-13(3-4-13)14(7-17-8-14)10-1-2-11-12(5-10)18-9-15-11/h1-2,5,9,16H,3-4,6-8H2. The zero-order chi connectivity index (χ0) is 12.2. The van der Waals surface area contributed by atoms with Gasteiger partial charge in [-0.15, -0.1) is 0 Å². The third-order valence-corrected chi connectivity index (χ3v) is 4.75. The van der Waals surface area contributed by atoms with E-state index in [4.69, 9.17) is 9.15 Å². The third kappa shape index (κ3) is 1.15. The highest BCUT2D eigenvalue weighted by Gasteiger charge is 2.63. The first kappa shape index (κ1) is 10.5. The van der Waals surface area contributed by atoms with Crippen molar-refractivity contribution >= 4 is 11.1 Å². The van der Waals surface area contributed by atoms with Crippen LogP contribution in [0, 0.1) is 5.41 Å². The monoisotopic (exact) mass is 245 g/mol. The molecule has 1 aliphatic carbocycles. The Balaban J connectivity index is 1.84. The average molecular weight is 245 g/mol. The first-order valence-electron chi connectivity index (χ1n) is 6.32. The van der Waals surface area contributed by atoms with Crippen LogP contribution in [-0.2, 0) is 10.2 Å². The minimum atomic E-state index is -0.0251. The predicted molar refractivity (Wildman–Crippen MR) is 65.3 cm³/mol. The van der Waals surface area contributed by atoms with Gasteiger partial charge in [0.25, 0.3) is 0 Å². The molecule has 0 amide bonds. The summed E-state index contributed by atoms with van der Waals surface area (Å²) in [6.45, 7) is 1.64. The van der Waals surface area contributed by atoms with Gasteiger partial charge in [-0.1, -0.05) is 6.07 Å². The van der Waals surface area contributed by atoms with E-state index in [1.165, 1.54) is 12.0 Å². The van der Waals surface area contributed by atoms with Gasteiger partial charge in [0.2, 0.25) is 0 Å². The number of hydrogen-bond donors (Lipinski definition) is 1. The Bertz CT molecular complexity index is 596. The largest absolute Gasteiger partial charge is 0.443 e. The predicted octanol–water partition coefficient (Wildman–Crippen LogP) is 1.87. The van der Waals surface area contributed by atoms with Crippen LogP contribution >= 0.6 is 0 Å². The molecule has 0 radical (unpaired) electrons. The molecule has 0 atom stereocenters. The van der Waals surface area contributed by atoms with Gasteiger partial charge in [0.1, 0.15) is 5.52 Å². The summed E-state index contributed by atoms with van der Waals surface area (Å²) in [6, 6.07) is 6.14. The Morgan fingerprint density at radius 1 is 1.28 bits per heavy atom. The highest BCUT2D eigenvalue weighted by Crippen LogP contribution is 2.62. The van der Waals surface area contributed by atoms with Crippen LogP contribution in [0.25, 0.3) is 11.1 Å². The summed E-state index contributed by atoms with van der Waals surface area (Å²) < 4.78 is 10.8. The fourth-order valence-electron chi connectivity index (χ4n) is 3.18. The molecular formula is C14H15NO3. The van der Waals surface area contributed by atoms with Crippen molar-refractivity contribution in [2.75, 3.05) is 19.8 Å². The topological polar surface area (TPSA) is 55.5 Å². The molecule has 1 saturated carbocycles. The molecule has 1 N–H and O–H groups in total. The summed E-state index contributed by atoms with van der Waals surface area (Å²) in [5.74, 6) is 0. The maximum atomic E-state index is 9.70. The van der Waals surface area contributed by atoms with Gasteiger partial charge in [0.05, 0.1) is 13.2 Å². The second-order valence-electron chi connectivity index (χ2n) is 5.55. The smallest absolute Gasteiger partial charge is 0.181 e. The summed E-state index contributed by atoms with van der Waals surface area (Å²) >= 11 is 0. The molecule has 2 aromatic rings. The first-order chi connectivity index (χ1) is 8.80. The van der Waals surface area contributed by atoms with Crippen LogP contribution in [0.2, 0.25) is 0 Å². The number of fused-ring (bicyclic) bond motifs is 1. The quantitative estimate of drug-likeness (QED) is 0.896. The molecule has 0 bridgehead atoms. The molecule has 0 spiro atoms. The molecule has 94 valence electrons. The number of hydrogen-bond acceptors (Lipinski definition) is 4. The molecule has 2 fully saturated rings. The molecule has 2 heterocycles. The number of rotatable bonds is 3. The van der Waals surface area contributed by atoms with Crippen molar-refractivity contribution in [1.82, 2.24) is 4.98 Å². The Morgan fingerprint density at radius 2 is 2.11 bits per heavy atom. The molecule has 1 aromatic carbocycles. The number of oxazole rings is 1. The van der Waals surface area contributed by atoms with Gasteiger partial charge in [0, 0.05) is 17.4 Å². The molecule has 1 saturated heterocycles. The third-order valence-electron chi connectivity index (χ3n) is 4.75. The van der Waals surface area contributed by atoms with E-state index in [1.807, 2.05) is 6.07 Å². The minimum absolute atomic E-state index is 0.0251. The van der Waals surface area contributed by atoms with Gasteiger partial charge < -0.3 is 14.3 Å². The molecule has 4 heteroatoms. The normalized spacial score (nSPS) is 23.8. The van der Waals surface area contributed by atoms with E-state index in [2.05, 4.69) is 17.1 Å². The van der Waals surface area contributed by atoms with Crippen LogP contribution < -0.4 is 0 Å². The molecular weight excluding hydrogens is 230 g/mol. The van der Waals surface area contributed by atoms with Crippen molar-refractivity contribution in [3.8, 4) is 0 Å². The van der Waals surface area contributed by atoms with E-state index in [-0.39, 0.29) is 17.4 Å². The number of aliphatic hydroxyl groups is 1. The lowest BCUT2D eigenvalue weighted by molar-refractivity contribution is -0.110. The fourth-order valence-corrected chi connectivity index (χ4v) is 3.18. The summed E-state index contributed by atoms with van der Waals surface area (Å²) in [4.78, 5) is 4.14. The number of aliphatic hydroxyl groups excluding tert-OH is 1. The first-order valence-corrected chi connectivity index (χ1v) is 6.32. The fraction of sp³-hybridized carbons (Fsp3) is 0.500. The number of aromatic nitrogens is 1. The molecule has 0 unspecified atom stereocenters. The van der Waals surface area contributed by atoms with Crippen LogP contribution in [0.3, 0.4) is 0 Å². The van der Waals surface area contributed by atoms with E-state index in [0.29, 0.717) is 13.2 Å². The van der Waals surface area contributed by atoms with Crippen LogP contribution in [0.1, 0.15) is 18.4 Å². The van der Waals surface area contributed by atoms with Crippen molar-refractivity contribution in [1.29, 1.82) is 0 Å². The Hall–Kier alpha value is -1.39. The van der Waals surface area contributed by atoms with Gasteiger partial charge in [0.15, 0.2) is 12.0 Å². The molecule has 18 heavy (non-hydrogen) atoms.